The van der Waals surface area contributed by atoms with Gasteiger partial charge in [0.2, 0.25) is 12.0 Å². The van der Waals surface area contributed by atoms with Gasteiger partial charge in [-0.1, -0.05) is 52.6 Å². The molecule has 2 nitrogen and oxygen atoms in total. The molecule has 1 aromatic rings. The Hall–Kier alpha value is -0.550. The van der Waals surface area contributed by atoms with Crippen LogP contribution in [0.15, 0.2) is 27.1 Å². The second-order valence-electron chi connectivity index (χ2n) is 5.00. The van der Waals surface area contributed by atoms with Crippen LogP contribution in [-0.4, -0.2) is 17.7 Å². The van der Waals surface area contributed by atoms with Gasteiger partial charge in [0.25, 0.3) is 0 Å². The molecular weight excluding hydrogens is 367 g/mol. The Morgan fingerprint density at radius 3 is 1.94 bits per heavy atom. The van der Waals surface area contributed by atoms with E-state index >= 15 is 0 Å². The first-order valence-corrected chi connectivity index (χ1v) is 6.90. The van der Waals surface area contributed by atoms with Gasteiger partial charge in [-0.15, -0.1) is 0 Å². The van der Waals surface area contributed by atoms with Crippen molar-refractivity contribution in [1.29, 1.82) is 0 Å². The van der Waals surface area contributed by atoms with Gasteiger partial charge in [0.15, 0.2) is 5.78 Å². The van der Waals surface area contributed by atoms with Crippen molar-refractivity contribution in [3.05, 3.63) is 32.7 Å². The lowest BCUT2D eigenvalue weighted by Gasteiger charge is -2.18. The average molecular weight is 380 g/mol. The molecule has 0 bridgehead atoms. The van der Waals surface area contributed by atoms with Crippen molar-refractivity contribution in [1.82, 2.24) is 0 Å². The normalized spacial score (nSPS) is 13.2. The second-order valence-corrected chi connectivity index (χ2v) is 6.83. The number of Topliss-reactive ketones (excluding diaryl/α,β-unsaturated/α-hetero) is 2. The summed E-state index contributed by atoms with van der Waals surface area (Å²) >= 11 is 6.43. The molecule has 0 amide bonds. The Labute approximate surface area is 122 Å². The van der Waals surface area contributed by atoms with Crippen molar-refractivity contribution in [2.24, 2.45) is 5.41 Å². The van der Waals surface area contributed by atoms with Crippen molar-refractivity contribution >= 4 is 43.4 Å². The fraction of sp³-hybridized carbons (Fsp3) is 0.385. The number of alkyl halides is 1. The topological polar surface area (TPSA) is 34.1 Å². The Bertz CT molecular complexity index is 472. The highest BCUT2D eigenvalue weighted by atomic mass is 79.9. The summed E-state index contributed by atoms with van der Waals surface area (Å²) in [7, 11) is 0. The smallest absolute Gasteiger partial charge is 0.221 e. The highest BCUT2D eigenvalue weighted by Crippen LogP contribution is 2.24. The number of halogens is 3. The Morgan fingerprint density at radius 1 is 1.11 bits per heavy atom. The van der Waals surface area contributed by atoms with Gasteiger partial charge >= 0.3 is 0 Å². The van der Waals surface area contributed by atoms with E-state index in [2.05, 4.69) is 31.9 Å². The van der Waals surface area contributed by atoms with Crippen LogP contribution in [-0.2, 0) is 4.79 Å². The summed E-state index contributed by atoms with van der Waals surface area (Å²) < 4.78 is 15.2. The first-order valence-electron chi connectivity index (χ1n) is 5.31. The SMILES string of the molecule is CC(C)(C)C(=O)C(F)C(=O)c1cc(Br)cc(Br)c1. The van der Waals surface area contributed by atoms with Crippen LogP contribution in [0.4, 0.5) is 4.39 Å². The molecule has 1 atom stereocenters. The standard InChI is InChI=1S/C13H13Br2FO2/c1-13(2,3)12(18)10(16)11(17)7-4-8(14)6-9(15)5-7/h4-6,10H,1-3H3. The fourth-order valence-electron chi connectivity index (χ4n) is 1.34. The van der Waals surface area contributed by atoms with E-state index in [0.29, 0.717) is 8.95 Å². The van der Waals surface area contributed by atoms with Crippen LogP contribution in [0, 0.1) is 5.41 Å². The molecule has 0 N–H and O–H groups in total. The minimum Gasteiger partial charge on any atom is -0.295 e. The lowest BCUT2D eigenvalue weighted by molar-refractivity contribution is -0.129. The molecule has 0 spiro atoms. The molecule has 0 radical (unpaired) electrons. The van der Waals surface area contributed by atoms with Gasteiger partial charge in [-0.3, -0.25) is 9.59 Å². The zero-order valence-corrected chi connectivity index (χ0v) is 13.4. The summed E-state index contributed by atoms with van der Waals surface area (Å²) in [5.74, 6) is -1.51. The molecule has 0 aliphatic carbocycles. The van der Waals surface area contributed by atoms with Crippen LogP contribution in [0.1, 0.15) is 31.1 Å². The zero-order chi connectivity index (χ0) is 14.1. The van der Waals surface area contributed by atoms with Gasteiger partial charge < -0.3 is 0 Å². The predicted octanol–water partition coefficient (Wildman–Crippen LogP) is 4.35. The highest BCUT2D eigenvalue weighted by molar-refractivity contribution is 9.11. The Kier molecular flexibility index (Phi) is 4.84. The molecule has 98 valence electrons. The number of ketones is 2. The monoisotopic (exact) mass is 378 g/mol. The molecule has 5 heteroatoms. The molecule has 0 heterocycles. The predicted molar refractivity (Wildman–Crippen MR) is 75.5 cm³/mol. The van der Waals surface area contributed by atoms with Crippen LogP contribution in [0.3, 0.4) is 0 Å². The van der Waals surface area contributed by atoms with Crippen molar-refractivity contribution in [3.63, 3.8) is 0 Å². The molecule has 1 unspecified atom stereocenters. The number of carbonyl (C=O) groups excluding carboxylic acids is 2. The van der Waals surface area contributed by atoms with E-state index in [4.69, 9.17) is 0 Å². The van der Waals surface area contributed by atoms with Crippen molar-refractivity contribution in [3.8, 4) is 0 Å². The second kappa shape index (κ2) is 5.61. The van der Waals surface area contributed by atoms with Gasteiger partial charge in [-0.2, -0.15) is 0 Å². The van der Waals surface area contributed by atoms with Crippen molar-refractivity contribution in [2.75, 3.05) is 0 Å². The van der Waals surface area contributed by atoms with Crippen LogP contribution < -0.4 is 0 Å². The minimum atomic E-state index is -2.12. The molecule has 0 aliphatic heterocycles. The summed E-state index contributed by atoms with van der Waals surface area (Å²) in [6, 6.07) is 4.72. The van der Waals surface area contributed by atoms with Gasteiger partial charge in [0, 0.05) is 19.9 Å². The third-order valence-corrected chi connectivity index (χ3v) is 3.26. The number of hydrogen-bond acceptors (Lipinski definition) is 2. The molecule has 0 aromatic heterocycles. The summed E-state index contributed by atoms with van der Waals surface area (Å²) in [5.41, 5.74) is -0.709. The molecule has 1 rings (SSSR count). The summed E-state index contributed by atoms with van der Waals surface area (Å²) in [4.78, 5) is 23.6. The van der Waals surface area contributed by atoms with E-state index in [0.717, 1.165) is 0 Å². The van der Waals surface area contributed by atoms with Crippen LogP contribution in [0.2, 0.25) is 0 Å². The maximum atomic E-state index is 13.9. The molecule has 0 aliphatic rings. The van der Waals surface area contributed by atoms with Crippen LogP contribution >= 0.6 is 31.9 Å². The lowest BCUT2D eigenvalue weighted by atomic mass is 9.86. The number of rotatable bonds is 3. The van der Waals surface area contributed by atoms with E-state index in [1.807, 2.05) is 0 Å². The largest absolute Gasteiger partial charge is 0.295 e. The van der Waals surface area contributed by atoms with Gasteiger partial charge in [0.05, 0.1) is 0 Å². The molecular formula is C13H13Br2FO2. The Balaban J connectivity index is 3.04. The molecule has 0 saturated heterocycles. The maximum absolute atomic E-state index is 13.9. The van der Waals surface area contributed by atoms with Crippen molar-refractivity contribution in [2.45, 2.75) is 26.9 Å². The molecule has 0 fully saturated rings. The Morgan fingerprint density at radius 2 is 1.56 bits per heavy atom. The zero-order valence-electron chi connectivity index (χ0n) is 10.3. The fourth-order valence-corrected chi connectivity index (χ4v) is 2.64. The summed E-state index contributed by atoms with van der Waals surface area (Å²) in [6.07, 6.45) is -2.12. The van der Waals surface area contributed by atoms with Crippen LogP contribution in [0.5, 0.6) is 0 Å². The van der Waals surface area contributed by atoms with Crippen LogP contribution in [0.25, 0.3) is 0 Å². The van der Waals surface area contributed by atoms with E-state index < -0.39 is 23.2 Å². The van der Waals surface area contributed by atoms with E-state index in [1.165, 1.54) is 12.1 Å². The number of benzene rings is 1. The van der Waals surface area contributed by atoms with Crippen molar-refractivity contribution < 1.29 is 14.0 Å². The highest BCUT2D eigenvalue weighted by Gasteiger charge is 2.35. The lowest BCUT2D eigenvalue weighted by Crippen LogP contribution is -2.35. The van der Waals surface area contributed by atoms with Gasteiger partial charge in [-0.25, -0.2) is 4.39 Å². The van der Waals surface area contributed by atoms with E-state index in [-0.39, 0.29) is 5.56 Å². The first-order chi connectivity index (χ1) is 8.12. The molecule has 18 heavy (non-hydrogen) atoms. The molecule has 0 saturated carbocycles. The van der Waals surface area contributed by atoms with Gasteiger partial charge in [-0.05, 0) is 18.2 Å². The van der Waals surface area contributed by atoms with Gasteiger partial charge in [0.1, 0.15) is 0 Å². The first kappa shape index (κ1) is 15.5. The third-order valence-electron chi connectivity index (χ3n) is 2.35. The van der Waals surface area contributed by atoms with E-state index in [9.17, 15) is 14.0 Å². The summed E-state index contributed by atoms with van der Waals surface area (Å²) in [6.45, 7) is 4.77. The molecule has 1 aromatic carbocycles. The third kappa shape index (κ3) is 3.72. The summed E-state index contributed by atoms with van der Waals surface area (Å²) in [5, 5.41) is 0. The van der Waals surface area contributed by atoms with E-state index in [1.54, 1.807) is 26.8 Å². The average Bonchev–Trinajstić information content (AvgIpc) is 2.23. The number of hydrogen-bond donors (Lipinski definition) is 0. The minimum absolute atomic E-state index is 0.168. The maximum Gasteiger partial charge on any atom is 0.221 e. The quantitative estimate of drug-likeness (QED) is 0.578. The number of carbonyl (C=O) groups is 2.